The Labute approximate surface area is 216 Å². The number of ether oxygens (including phenoxy) is 3. The monoisotopic (exact) mass is 517 g/mol. The van der Waals surface area contributed by atoms with E-state index in [-0.39, 0.29) is 11.3 Å². The summed E-state index contributed by atoms with van der Waals surface area (Å²) in [5.41, 5.74) is 1.33. The van der Waals surface area contributed by atoms with Gasteiger partial charge in [-0.1, -0.05) is 23.7 Å². The highest BCUT2D eigenvalue weighted by Crippen LogP contribution is 2.45. The van der Waals surface area contributed by atoms with Crippen molar-refractivity contribution in [3.63, 3.8) is 0 Å². The van der Waals surface area contributed by atoms with Crippen LogP contribution in [0.4, 0.5) is 5.69 Å². The lowest BCUT2D eigenvalue weighted by Crippen LogP contribution is -2.31. The van der Waals surface area contributed by atoms with Gasteiger partial charge in [0, 0.05) is 22.2 Å². The quantitative estimate of drug-likeness (QED) is 0.341. The first-order chi connectivity index (χ1) is 17.9. The molecule has 1 N–H and O–H groups in total. The van der Waals surface area contributed by atoms with Crippen molar-refractivity contribution in [1.29, 1.82) is 0 Å². The minimum absolute atomic E-state index is 0.0245. The Morgan fingerprint density at radius 3 is 2.65 bits per heavy atom. The summed E-state index contributed by atoms with van der Waals surface area (Å²) in [5, 5.41) is 12.2. The van der Waals surface area contributed by atoms with Crippen molar-refractivity contribution >= 4 is 39.9 Å². The number of rotatable bonds is 5. The number of benzene rings is 3. The number of hydrogen-bond acceptors (Lipinski definition) is 7. The Kier molecular flexibility index (Phi) is 5.53. The van der Waals surface area contributed by atoms with Gasteiger partial charge < -0.3 is 23.7 Å². The van der Waals surface area contributed by atoms with Crippen molar-refractivity contribution in [3.05, 3.63) is 94.4 Å². The number of hydrogen-bond donors (Lipinski definition) is 1. The molecule has 4 aromatic rings. The number of Topliss-reactive ketones (excluding diaryl/α,β-unsaturated/α-hetero) is 1. The number of amides is 1. The average molecular weight is 518 g/mol. The molecule has 0 fully saturated rings. The summed E-state index contributed by atoms with van der Waals surface area (Å²) >= 11 is 6.09. The second-order valence-corrected chi connectivity index (χ2v) is 9.00. The molecule has 186 valence electrons. The molecule has 0 spiro atoms. The van der Waals surface area contributed by atoms with E-state index in [0.29, 0.717) is 57.7 Å². The summed E-state index contributed by atoms with van der Waals surface area (Å²) in [6.45, 7) is 0.790. The van der Waals surface area contributed by atoms with Gasteiger partial charge in [-0.25, -0.2) is 0 Å². The number of aliphatic hydroxyl groups excluding tert-OH is 1. The summed E-state index contributed by atoms with van der Waals surface area (Å²) in [5.74, 6) is -0.486. The Hall–Kier alpha value is -4.43. The number of carbonyl (C=O) groups is 2. The molecule has 0 bridgehead atoms. The third-order valence-corrected chi connectivity index (χ3v) is 6.60. The molecular weight excluding hydrogens is 498 g/mol. The van der Waals surface area contributed by atoms with Crippen molar-refractivity contribution in [2.24, 2.45) is 0 Å². The molecule has 9 heteroatoms. The zero-order chi connectivity index (χ0) is 25.7. The maximum Gasteiger partial charge on any atom is 0.294 e. The third-order valence-electron chi connectivity index (χ3n) is 6.37. The van der Waals surface area contributed by atoms with E-state index in [1.165, 1.54) is 12.0 Å². The van der Waals surface area contributed by atoms with Crippen LogP contribution in [0.15, 0.2) is 82.5 Å². The number of nitrogens with zero attached hydrogens (tertiary/aromatic N) is 1. The van der Waals surface area contributed by atoms with Gasteiger partial charge in [-0.05, 0) is 54.1 Å². The van der Waals surface area contributed by atoms with Crippen LogP contribution in [0.3, 0.4) is 0 Å². The predicted molar refractivity (Wildman–Crippen MR) is 136 cm³/mol. The predicted octanol–water partition coefficient (Wildman–Crippen LogP) is 5.65. The van der Waals surface area contributed by atoms with Crippen molar-refractivity contribution in [1.82, 2.24) is 0 Å². The molecule has 2 aliphatic rings. The number of halogens is 1. The van der Waals surface area contributed by atoms with E-state index >= 15 is 0 Å². The van der Waals surface area contributed by atoms with Crippen molar-refractivity contribution < 1.29 is 33.3 Å². The molecule has 1 amide bonds. The highest BCUT2D eigenvalue weighted by atomic mass is 35.5. The van der Waals surface area contributed by atoms with E-state index in [0.717, 1.165) is 0 Å². The minimum Gasteiger partial charge on any atom is -0.503 e. The van der Waals surface area contributed by atoms with Gasteiger partial charge in [0.1, 0.15) is 24.5 Å². The van der Waals surface area contributed by atoms with E-state index in [2.05, 4.69) is 0 Å². The number of ketones is 1. The molecule has 0 saturated heterocycles. The molecule has 3 heterocycles. The molecule has 0 radical (unpaired) electrons. The zero-order valence-corrected chi connectivity index (χ0v) is 20.3. The number of anilines is 1. The number of aliphatic hydroxyl groups is 1. The van der Waals surface area contributed by atoms with Crippen LogP contribution in [-0.4, -0.2) is 37.1 Å². The lowest BCUT2D eigenvalue weighted by atomic mass is 9.94. The maximum absolute atomic E-state index is 13.8. The van der Waals surface area contributed by atoms with Crippen LogP contribution in [0.5, 0.6) is 17.2 Å². The Morgan fingerprint density at radius 2 is 1.84 bits per heavy atom. The van der Waals surface area contributed by atoms with Gasteiger partial charge in [-0.2, -0.15) is 0 Å². The van der Waals surface area contributed by atoms with Gasteiger partial charge in [0.05, 0.1) is 18.7 Å². The molecule has 8 nitrogen and oxygen atoms in total. The molecule has 2 aliphatic heterocycles. The van der Waals surface area contributed by atoms with Crippen LogP contribution < -0.4 is 19.1 Å². The third kappa shape index (κ3) is 3.86. The normalized spacial score (nSPS) is 17.0. The maximum atomic E-state index is 13.8. The second-order valence-electron chi connectivity index (χ2n) is 8.57. The first-order valence-corrected chi connectivity index (χ1v) is 11.9. The number of carbonyl (C=O) groups excluding carboxylic acids is 2. The average Bonchev–Trinajstić information content (AvgIpc) is 3.46. The smallest absolute Gasteiger partial charge is 0.294 e. The van der Waals surface area contributed by atoms with Gasteiger partial charge in [-0.15, -0.1) is 0 Å². The molecule has 37 heavy (non-hydrogen) atoms. The summed E-state index contributed by atoms with van der Waals surface area (Å²) in [4.78, 5) is 28.7. The molecule has 6 rings (SSSR count). The van der Waals surface area contributed by atoms with E-state index in [1.807, 2.05) is 0 Å². The van der Waals surface area contributed by atoms with E-state index in [4.69, 9.17) is 30.2 Å². The SMILES string of the molecule is COc1cccc(C2C(C(=O)c3cc4cc(Cl)ccc4o3)=C(O)C(=O)N2c2ccc3c(c2)OCCO3)c1. The molecule has 0 saturated carbocycles. The van der Waals surface area contributed by atoms with Crippen molar-refractivity contribution in [2.75, 3.05) is 25.2 Å². The Bertz CT molecular complexity index is 1610. The number of methoxy groups -OCH3 is 1. The molecule has 1 aromatic heterocycles. The summed E-state index contributed by atoms with van der Waals surface area (Å²) in [6.07, 6.45) is 0. The summed E-state index contributed by atoms with van der Waals surface area (Å²) in [7, 11) is 1.52. The van der Waals surface area contributed by atoms with Gasteiger partial charge in [0.15, 0.2) is 23.0 Å². The van der Waals surface area contributed by atoms with Crippen LogP contribution in [-0.2, 0) is 4.79 Å². The number of fused-ring (bicyclic) bond motifs is 2. The van der Waals surface area contributed by atoms with E-state index in [9.17, 15) is 14.7 Å². The van der Waals surface area contributed by atoms with Crippen LogP contribution in [0, 0.1) is 0 Å². The van der Waals surface area contributed by atoms with Gasteiger partial charge >= 0.3 is 0 Å². The lowest BCUT2D eigenvalue weighted by molar-refractivity contribution is -0.117. The molecule has 0 aliphatic carbocycles. The fraction of sp³-hybridized carbons (Fsp3) is 0.143. The Morgan fingerprint density at radius 1 is 1.03 bits per heavy atom. The van der Waals surface area contributed by atoms with Gasteiger partial charge in [0.2, 0.25) is 5.78 Å². The molecule has 1 unspecified atom stereocenters. The first-order valence-electron chi connectivity index (χ1n) is 11.5. The van der Waals surface area contributed by atoms with Crippen LogP contribution >= 0.6 is 11.6 Å². The number of furan rings is 1. The highest BCUT2D eigenvalue weighted by Gasteiger charge is 2.45. The summed E-state index contributed by atoms with van der Waals surface area (Å²) < 4.78 is 22.5. The lowest BCUT2D eigenvalue weighted by Gasteiger charge is -2.28. The highest BCUT2D eigenvalue weighted by molar-refractivity contribution is 6.31. The molecular formula is C28H20ClNO7. The van der Waals surface area contributed by atoms with Crippen LogP contribution in [0.2, 0.25) is 5.02 Å². The van der Waals surface area contributed by atoms with Gasteiger partial charge in [-0.3, -0.25) is 14.5 Å². The van der Waals surface area contributed by atoms with Crippen LogP contribution in [0.1, 0.15) is 22.2 Å². The largest absolute Gasteiger partial charge is 0.503 e. The first kappa shape index (κ1) is 23.0. The molecule has 1 atom stereocenters. The summed E-state index contributed by atoms with van der Waals surface area (Å²) in [6, 6.07) is 17.6. The van der Waals surface area contributed by atoms with Gasteiger partial charge in [0.25, 0.3) is 5.91 Å². The standard InChI is InChI=1S/C28H20ClNO7/c1-34-19-4-2-3-15(12-19)25-24(26(31)23-13-16-11-17(29)5-7-20(16)37-23)27(32)28(33)30(25)18-6-8-21-22(14-18)36-10-9-35-21/h2-8,11-14,25,32H,9-10H2,1H3. The minimum atomic E-state index is -0.963. The topological polar surface area (TPSA) is 98.4 Å². The fourth-order valence-electron chi connectivity index (χ4n) is 4.67. The zero-order valence-electron chi connectivity index (χ0n) is 19.6. The second kappa shape index (κ2) is 8.90. The molecule has 3 aromatic carbocycles. The van der Waals surface area contributed by atoms with E-state index < -0.39 is 23.5 Å². The van der Waals surface area contributed by atoms with E-state index in [1.54, 1.807) is 66.7 Å². The van der Waals surface area contributed by atoms with Crippen LogP contribution in [0.25, 0.3) is 11.0 Å². The van der Waals surface area contributed by atoms with Crippen molar-refractivity contribution in [3.8, 4) is 17.2 Å². The fourth-order valence-corrected chi connectivity index (χ4v) is 4.85. The van der Waals surface area contributed by atoms with Crippen molar-refractivity contribution in [2.45, 2.75) is 6.04 Å². The Balaban J connectivity index is 1.49.